The number of amides is 4. The number of carbonyl (C=O) groups excluding carboxylic acids is 3. The number of carbonyl (C=O) groups is 3. The standard InChI is InChI=1S/C24H37N3O3/c1-3-16-4-6-24(7-5-16)21(29)27(22(30)26-24)14-20(28)25-15(2)23-11-17-8-18(12-23)10-19(9-17)13-23/h15-19H,3-14H2,1-2H3,(H,25,28)(H,26,30). The van der Waals surface area contributed by atoms with Crippen molar-refractivity contribution in [3.63, 3.8) is 0 Å². The summed E-state index contributed by atoms with van der Waals surface area (Å²) < 4.78 is 0. The van der Waals surface area contributed by atoms with Gasteiger partial charge in [0, 0.05) is 6.04 Å². The molecule has 1 spiro atoms. The molecule has 0 aromatic carbocycles. The molecular weight excluding hydrogens is 378 g/mol. The van der Waals surface area contributed by atoms with Crippen LogP contribution in [-0.2, 0) is 9.59 Å². The average molecular weight is 416 g/mol. The van der Waals surface area contributed by atoms with Gasteiger partial charge >= 0.3 is 6.03 Å². The first-order valence-electron chi connectivity index (χ1n) is 12.3. The van der Waals surface area contributed by atoms with Crippen LogP contribution in [0, 0.1) is 29.1 Å². The molecule has 1 aliphatic heterocycles. The SMILES string of the molecule is CCC1CCC2(CC1)NC(=O)N(CC(=O)NC(C)C13CC4CC(CC(C4)C1)C3)C2=O. The monoisotopic (exact) mass is 415 g/mol. The van der Waals surface area contributed by atoms with Crippen molar-refractivity contribution in [2.24, 2.45) is 29.1 Å². The fraction of sp³-hybridized carbons (Fsp3) is 0.875. The van der Waals surface area contributed by atoms with Gasteiger partial charge in [-0.15, -0.1) is 0 Å². The van der Waals surface area contributed by atoms with Crippen molar-refractivity contribution >= 4 is 17.8 Å². The van der Waals surface area contributed by atoms with E-state index in [1.165, 1.54) is 38.5 Å². The van der Waals surface area contributed by atoms with E-state index in [1.807, 2.05) is 0 Å². The molecule has 6 fully saturated rings. The molecule has 6 nitrogen and oxygen atoms in total. The first kappa shape index (κ1) is 20.3. The predicted molar refractivity (Wildman–Crippen MR) is 113 cm³/mol. The van der Waals surface area contributed by atoms with Gasteiger partial charge in [-0.3, -0.25) is 14.5 Å². The van der Waals surface area contributed by atoms with Gasteiger partial charge < -0.3 is 10.6 Å². The summed E-state index contributed by atoms with van der Waals surface area (Å²) in [6, 6.07) is -0.291. The van der Waals surface area contributed by atoms with Gasteiger partial charge in [-0.05, 0) is 100 Å². The van der Waals surface area contributed by atoms with Gasteiger partial charge in [0.2, 0.25) is 5.91 Å². The molecule has 30 heavy (non-hydrogen) atoms. The van der Waals surface area contributed by atoms with Gasteiger partial charge in [-0.25, -0.2) is 4.79 Å². The highest BCUT2D eigenvalue weighted by molar-refractivity contribution is 6.09. The summed E-state index contributed by atoms with van der Waals surface area (Å²) in [6.45, 7) is 4.17. The van der Waals surface area contributed by atoms with E-state index in [-0.39, 0.29) is 29.8 Å². The minimum Gasteiger partial charge on any atom is -0.352 e. The third-order valence-corrected chi connectivity index (χ3v) is 9.47. The Kier molecular flexibility index (Phi) is 4.90. The summed E-state index contributed by atoms with van der Waals surface area (Å²) in [6.07, 6.45) is 12.2. The summed E-state index contributed by atoms with van der Waals surface area (Å²) in [5, 5.41) is 6.14. The van der Waals surface area contributed by atoms with E-state index in [9.17, 15) is 14.4 Å². The highest BCUT2D eigenvalue weighted by Crippen LogP contribution is 2.61. The predicted octanol–water partition coefficient (Wildman–Crippen LogP) is 3.60. The molecule has 2 N–H and O–H groups in total. The van der Waals surface area contributed by atoms with E-state index in [0.717, 1.165) is 41.9 Å². The summed E-state index contributed by atoms with van der Waals surface area (Å²) in [5.41, 5.74) is -0.546. The zero-order valence-electron chi connectivity index (χ0n) is 18.5. The van der Waals surface area contributed by atoms with E-state index in [2.05, 4.69) is 24.5 Å². The Labute approximate surface area is 179 Å². The second kappa shape index (κ2) is 7.23. The molecule has 6 heteroatoms. The lowest BCUT2D eigenvalue weighted by Gasteiger charge is -2.59. The molecule has 0 radical (unpaired) electrons. The van der Waals surface area contributed by atoms with Crippen LogP contribution in [0.2, 0.25) is 0 Å². The van der Waals surface area contributed by atoms with Crippen LogP contribution >= 0.6 is 0 Å². The van der Waals surface area contributed by atoms with Crippen LogP contribution in [-0.4, -0.2) is 40.9 Å². The summed E-state index contributed by atoms with van der Waals surface area (Å²) in [5.74, 6) is 2.75. The number of imide groups is 1. The average Bonchev–Trinajstić information content (AvgIpc) is 2.91. The van der Waals surface area contributed by atoms with Gasteiger partial charge in [-0.1, -0.05) is 13.3 Å². The van der Waals surface area contributed by atoms with Crippen molar-refractivity contribution in [2.75, 3.05) is 6.54 Å². The Morgan fingerprint density at radius 2 is 1.67 bits per heavy atom. The summed E-state index contributed by atoms with van der Waals surface area (Å²) in [7, 11) is 0. The molecule has 1 unspecified atom stereocenters. The molecule has 0 aromatic heterocycles. The zero-order valence-corrected chi connectivity index (χ0v) is 18.5. The Morgan fingerprint density at radius 3 is 2.20 bits per heavy atom. The molecule has 4 bridgehead atoms. The maximum Gasteiger partial charge on any atom is 0.325 e. The fourth-order valence-corrected chi connectivity index (χ4v) is 8.03. The first-order chi connectivity index (χ1) is 14.3. The topological polar surface area (TPSA) is 78.5 Å². The number of nitrogens with one attached hydrogen (secondary N) is 2. The second-order valence-corrected chi connectivity index (χ2v) is 11.3. The smallest absolute Gasteiger partial charge is 0.325 e. The lowest BCUT2D eigenvalue weighted by molar-refractivity contribution is -0.137. The summed E-state index contributed by atoms with van der Waals surface area (Å²) >= 11 is 0. The van der Waals surface area contributed by atoms with Crippen LogP contribution < -0.4 is 10.6 Å². The number of urea groups is 1. The lowest BCUT2D eigenvalue weighted by Crippen LogP contribution is -2.57. The van der Waals surface area contributed by atoms with Crippen LogP contribution in [0.3, 0.4) is 0 Å². The van der Waals surface area contributed by atoms with E-state index in [0.29, 0.717) is 18.8 Å². The normalized spacial score (nSPS) is 43.2. The van der Waals surface area contributed by atoms with Crippen molar-refractivity contribution in [2.45, 2.75) is 96.1 Å². The molecule has 6 rings (SSSR count). The van der Waals surface area contributed by atoms with Gasteiger partial charge in [0.05, 0.1) is 0 Å². The highest BCUT2D eigenvalue weighted by atomic mass is 16.2. The molecule has 5 aliphatic carbocycles. The van der Waals surface area contributed by atoms with E-state index < -0.39 is 11.6 Å². The van der Waals surface area contributed by atoms with Crippen molar-refractivity contribution in [3.8, 4) is 0 Å². The molecule has 1 atom stereocenters. The number of rotatable bonds is 5. The van der Waals surface area contributed by atoms with Crippen LogP contribution in [0.15, 0.2) is 0 Å². The third kappa shape index (κ3) is 3.25. The minimum atomic E-state index is -0.769. The molecule has 6 aliphatic rings. The molecule has 4 amide bonds. The van der Waals surface area contributed by atoms with E-state index >= 15 is 0 Å². The highest BCUT2D eigenvalue weighted by Gasteiger charge is 2.55. The van der Waals surface area contributed by atoms with Crippen molar-refractivity contribution in [1.82, 2.24) is 15.5 Å². The Hall–Kier alpha value is -1.59. The summed E-state index contributed by atoms with van der Waals surface area (Å²) in [4.78, 5) is 39.7. The molecule has 5 saturated carbocycles. The van der Waals surface area contributed by atoms with E-state index in [4.69, 9.17) is 0 Å². The van der Waals surface area contributed by atoms with Crippen molar-refractivity contribution in [3.05, 3.63) is 0 Å². The van der Waals surface area contributed by atoms with Crippen molar-refractivity contribution < 1.29 is 14.4 Å². The van der Waals surface area contributed by atoms with Crippen LogP contribution in [0.1, 0.15) is 84.5 Å². The maximum atomic E-state index is 13.1. The van der Waals surface area contributed by atoms with Crippen LogP contribution in [0.25, 0.3) is 0 Å². The Balaban J connectivity index is 1.21. The molecule has 1 saturated heterocycles. The molecule has 0 aromatic rings. The van der Waals surface area contributed by atoms with Gasteiger partial charge in [0.25, 0.3) is 5.91 Å². The largest absolute Gasteiger partial charge is 0.352 e. The van der Waals surface area contributed by atoms with Gasteiger partial charge in [-0.2, -0.15) is 0 Å². The first-order valence-corrected chi connectivity index (χ1v) is 12.3. The molecular formula is C24H37N3O3. The van der Waals surface area contributed by atoms with Gasteiger partial charge in [0.15, 0.2) is 0 Å². The lowest BCUT2D eigenvalue weighted by atomic mass is 9.48. The number of hydrogen-bond acceptors (Lipinski definition) is 3. The zero-order chi connectivity index (χ0) is 21.1. The van der Waals surface area contributed by atoms with Gasteiger partial charge in [0.1, 0.15) is 12.1 Å². The second-order valence-electron chi connectivity index (χ2n) is 11.3. The molecule has 166 valence electrons. The Bertz CT molecular complexity index is 705. The Morgan fingerprint density at radius 1 is 1.10 bits per heavy atom. The van der Waals surface area contributed by atoms with E-state index in [1.54, 1.807) is 0 Å². The fourth-order valence-electron chi connectivity index (χ4n) is 8.03. The quantitative estimate of drug-likeness (QED) is 0.674. The molecule has 1 heterocycles. The van der Waals surface area contributed by atoms with Crippen LogP contribution in [0.5, 0.6) is 0 Å². The minimum absolute atomic E-state index is 0.105. The third-order valence-electron chi connectivity index (χ3n) is 9.47. The number of hydrogen-bond donors (Lipinski definition) is 2. The number of nitrogens with zero attached hydrogens (tertiary/aromatic N) is 1. The van der Waals surface area contributed by atoms with Crippen LogP contribution in [0.4, 0.5) is 4.79 Å². The van der Waals surface area contributed by atoms with Crippen molar-refractivity contribution in [1.29, 1.82) is 0 Å². The maximum absolute atomic E-state index is 13.1.